The van der Waals surface area contributed by atoms with Crippen molar-refractivity contribution in [2.45, 2.75) is 38.3 Å². The molecule has 0 aliphatic carbocycles. The van der Waals surface area contributed by atoms with E-state index in [4.69, 9.17) is 4.74 Å². The number of rotatable bonds is 4. The van der Waals surface area contributed by atoms with Crippen molar-refractivity contribution in [1.82, 2.24) is 4.90 Å². The molecule has 2 heterocycles. The molecule has 1 aliphatic heterocycles. The molecule has 100 valence electrons. The van der Waals surface area contributed by atoms with Crippen LogP contribution in [0.15, 0.2) is 11.4 Å². The van der Waals surface area contributed by atoms with Gasteiger partial charge in [-0.25, -0.2) is 0 Å². The summed E-state index contributed by atoms with van der Waals surface area (Å²) in [6.07, 6.45) is 2.31. The van der Waals surface area contributed by atoms with Crippen molar-refractivity contribution >= 4 is 17.2 Å². The van der Waals surface area contributed by atoms with E-state index in [0.717, 1.165) is 25.1 Å². The minimum Gasteiger partial charge on any atom is -0.496 e. The number of nitrogens with zero attached hydrogens (tertiary/aromatic N) is 1. The minimum atomic E-state index is -0.360. The van der Waals surface area contributed by atoms with E-state index in [-0.39, 0.29) is 18.1 Å². The van der Waals surface area contributed by atoms with Gasteiger partial charge in [0.25, 0.3) is 5.91 Å². The summed E-state index contributed by atoms with van der Waals surface area (Å²) in [6, 6.07) is 1.95. The third-order valence-corrected chi connectivity index (χ3v) is 4.17. The van der Waals surface area contributed by atoms with Gasteiger partial charge >= 0.3 is 0 Å². The maximum absolute atomic E-state index is 12.4. The van der Waals surface area contributed by atoms with E-state index in [1.165, 1.54) is 11.3 Å². The average molecular weight is 269 g/mol. The lowest BCUT2D eigenvalue weighted by atomic mass is 10.1. The van der Waals surface area contributed by atoms with Crippen molar-refractivity contribution in [1.29, 1.82) is 0 Å². The fraction of sp³-hybridized carbons (Fsp3) is 0.615. The van der Waals surface area contributed by atoms with Crippen LogP contribution in [0.4, 0.5) is 0 Å². The topological polar surface area (TPSA) is 49.8 Å². The lowest BCUT2D eigenvalue weighted by Gasteiger charge is -2.25. The van der Waals surface area contributed by atoms with Crippen LogP contribution < -0.4 is 4.74 Å². The Balaban J connectivity index is 2.07. The molecular formula is C13H19NO3S. The number of thiophene rings is 1. The third-order valence-electron chi connectivity index (χ3n) is 3.27. The molecule has 1 aromatic rings. The van der Waals surface area contributed by atoms with Crippen LogP contribution in [0, 0.1) is 0 Å². The molecule has 0 radical (unpaired) electrons. The molecule has 1 N–H and O–H groups in total. The lowest BCUT2D eigenvalue weighted by molar-refractivity contribution is 0.0686. The van der Waals surface area contributed by atoms with Crippen molar-refractivity contribution in [3.8, 4) is 5.75 Å². The molecule has 0 aromatic carbocycles. The fourth-order valence-electron chi connectivity index (χ4n) is 2.42. The molecular weight excluding hydrogens is 250 g/mol. The van der Waals surface area contributed by atoms with Gasteiger partial charge in [-0.05, 0) is 26.2 Å². The first-order valence-corrected chi connectivity index (χ1v) is 7.11. The van der Waals surface area contributed by atoms with Crippen LogP contribution in [0.2, 0.25) is 0 Å². The van der Waals surface area contributed by atoms with Crippen molar-refractivity contribution in [2.24, 2.45) is 0 Å². The van der Waals surface area contributed by atoms with E-state index < -0.39 is 0 Å². The average Bonchev–Trinajstić information content (AvgIpc) is 2.95. The van der Waals surface area contributed by atoms with Gasteiger partial charge in [-0.3, -0.25) is 4.79 Å². The van der Waals surface area contributed by atoms with Crippen molar-refractivity contribution in [2.75, 3.05) is 13.7 Å². The standard InChI is InChI=1S/C13H19NO3S/c1-9(15)6-10-4-3-5-14(10)13(16)12-7-11(17-2)8-18-12/h7-10,15H,3-6H2,1-2H3. The SMILES string of the molecule is COc1csc(C(=O)N2CCCC2CC(C)O)c1. The van der Waals surface area contributed by atoms with Gasteiger partial charge in [0.2, 0.25) is 0 Å². The molecule has 1 aliphatic rings. The molecule has 0 spiro atoms. The first-order chi connectivity index (χ1) is 8.61. The van der Waals surface area contributed by atoms with Crippen LogP contribution in [-0.2, 0) is 0 Å². The zero-order valence-electron chi connectivity index (χ0n) is 10.8. The fourth-order valence-corrected chi connectivity index (χ4v) is 3.23. The second-order valence-corrected chi connectivity index (χ2v) is 5.64. The largest absolute Gasteiger partial charge is 0.496 e. The number of aliphatic hydroxyl groups excluding tert-OH is 1. The Kier molecular flexibility index (Phi) is 4.24. The summed E-state index contributed by atoms with van der Waals surface area (Å²) in [5.41, 5.74) is 0. The van der Waals surface area contributed by atoms with E-state index in [9.17, 15) is 9.90 Å². The van der Waals surface area contributed by atoms with Gasteiger partial charge in [-0.1, -0.05) is 0 Å². The first-order valence-electron chi connectivity index (χ1n) is 6.23. The number of hydrogen-bond acceptors (Lipinski definition) is 4. The number of methoxy groups -OCH3 is 1. The molecule has 5 heteroatoms. The van der Waals surface area contributed by atoms with Crippen LogP contribution >= 0.6 is 11.3 Å². The van der Waals surface area contributed by atoms with Crippen molar-refractivity contribution < 1.29 is 14.6 Å². The summed E-state index contributed by atoms with van der Waals surface area (Å²) < 4.78 is 5.10. The highest BCUT2D eigenvalue weighted by Gasteiger charge is 2.30. The number of carbonyl (C=O) groups is 1. The molecule has 1 aromatic heterocycles. The summed E-state index contributed by atoms with van der Waals surface area (Å²) >= 11 is 1.41. The Morgan fingerprint density at radius 3 is 3.11 bits per heavy atom. The normalized spacial score (nSPS) is 21.1. The summed E-state index contributed by atoms with van der Waals surface area (Å²) in [5.74, 6) is 0.793. The Morgan fingerprint density at radius 1 is 1.72 bits per heavy atom. The van der Waals surface area contributed by atoms with E-state index >= 15 is 0 Å². The molecule has 2 atom stereocenters. The van der Waals surface area contributed by atoms with Crippen LogP contribution in [0.5, 0.6) is 5.75 Å². The van der Waals surface area contributed by atoms with Crippen LogP contribution in [0.3, 0.4) is 0 Å². The highest BCUT2D eigenvalue weighted by atomic mass is 32.1. The third kappa shape index (κ3) is 2.84. The number of amides is 1. The number of likely N-dealkylation sites (tertiary alicyclic amines) is 1. The Labute approximate surface area is 111 Å². The van der Waals surface area contributed by atoms with E-state index in [2.05, 4.69) is 0 Å². The van der Waals surface area contributed by atoms with Gasteiger partial charge in [0.15, 0.2) is 0 Å². The predicted octanol–water partition coefficient (Wildman–Crippen LogP) is 2.13. The van der Waals surface area contributed by atoms with Crippen LogP contribution in [0.1, 0.15) is 35.9 Å². The van der Waals surface area contributed by atoms with Gasteiger partial charge in [0.05, 0.1) is 18.1 Å². The summed E-state index contributed by atoms with van der Waals surface area (Å²) in [4.78, 5) is 15.0. The molecule has 2 rings (SSSR count). The minimum absolute atomic E-state index is 0.0615. The smallest absolute Gasteiger partial charge is 0.264 e. The lowest BCUT2D eigenvalue weighted by Crippen LogP contribution is -2.36. The quantitative estimate of drug-likeness (QED) is 0.911. The molecule has 1 saturated heterocycles. The van der Waals surface area contributed by atoms with Gasteiger partial charge < -0.3 is 14.7 Å². The summed E-state index contributed by atoms with van der Waals surface area (Å²) in [6.45, 7) is 2.56. The number of ether oxygens (including phenoxy) is 1. The Morgan fingerprint density at radius 2 is 2.50 bits per heavy atom. The Hall–Kier alpha value is -1.07. The van der Waals surface area contributed by atoms with E-state index in [1.807, 2.05) is 10.3 Å². The maximum atomic E-state index is 12.4. The van der Waals surface area contributed by atoms with Gasteiger partial charge in [0, 0.05) is 24.0 Å². The van der Waals surface area contributed by atoms with Gasteiger partial charge in [-0.2, -0.15) is 0 Å². The molecule has 18 heavy (non-hydrogen) atoms. The second-order valence-electron chi connectivity index (χ2n) is 4.73. The Bertz CT molecular complexity index is 416. The monoisotopic (exact) mass is 269 g/mol. The van der Waals surface area contributed by atoms with E-state index in [0.29, 0.717) is 11.3 Å². The zero-order valence-corrected chi connectivity index (χ0v) is 11.6. The van der Waals surface area contributed by atoms with Crippen molar-refractivity contribution in [3.63, 3.8) is 0 Å². The summed E-state index contributed by atoms with van der Waals surface area (Å²) in [5, 5.41) is 11.3. The predicted molar refractivity (Wildman–Crippen MR) is 71.2 cm³/mol. The van der Waals surface area contributed by atoms with Gasteiger partial charge in [0.1, 0.15) is 5.75 Å². The number of hydrogen-bond donors (Lipinski definition) is 1. The number of aliphatic hydroxyl groups is 1. The van der Waals surface area contributed by atoms with E-state index in [1.54, 1.807) is 20.1 Å². The molecule has 4 nitrogen and oxygen atoms in total. The van der Waals surface area contributed by atoms with Gasteiger partial charge in [-0.15, -0.1) is 11.3 Å². The highest BCUT2D eigenvalue weighted by molar-refractivity contribution is 7.12. The number of carbonyl (C=O) groups excluding carboxylic acids is 1. The summed E-state index contributed by atoms with van der Waals surface area (Å²) in [7, 11) is 1.60. The maximum Gasteiger partial charge on any atom is 0.264 e. The molecule has 0 saturated carbocycles. The zero-order chi connectivity index (χ0) is 13.1. The molecule has 1 amide bonds. The van der Waals surface area contributed by atoms with Crippen molar-refractivity contribution in [3.05, 3.63) is 16.3 Å². The molecule has 0 bridgehead atoms. The highest BCUT2D eigenvalue weighted by Crippen LogP contribution is 2.27. The molecule has 1 fully saturated rings. The van der Waals surface area contributed by atoms with Crippen LogP contribution in [0.25, 0.3) is 0 Å². The van der Waals surface area contributed by atoms with Crippen LogP contribution in [-0.4, -0.2) is 41.7 Å². The first kappa shape index (κ1) is 13.4. The second kappa shape index (κ2) is 5.71. The molecule has 2 unspecified atom stereocenters.